The molecule has 0 bridgehead atoms. The molecule has 2 N–H and O–H groups in total. The summed E-state index contributed by atoms with van der Waals surface area (Å²) >= 11 is 0. The molecule has 0 heterocycles. The molecule has 1 aliphatic rings. The van der Waals surface area contributed by atoms with Gasteiger partial charge in [0.25, 0.3) is 0 Å². The smallest absolute Gasteiger partial charge is 0.228 e. The maximum atomic E-state index is 13.0. The predicted molar refractivity (Wildman–Crippen MR) is 58.6 cm³/mol. The lowest BCUT2D eigenvalue weighted by Gasteiger charge is -2.44. The van der Waals surface area contributed by atoms with E-state index in [0.29, 0.717) is 0 Å². The van der Waals surface area contributed by atoms with Crippen molar-refractivity contribution in [3.63, 3.8) is 0 Å². The highest BCUT2D eigenvalue weighted by Crippen LogP contribution is 2.52. The Balaban J connectivity index is 3.48. The van der Waals surface area contributed by atoms with E-state index in [2.05, 4.69) is 0 Å². The van der Waals surface area contributed by atoms with E-state index in [1.54, 1.807) is 0 Å². The number of alkyl halides is 3. The Bertz CT molecular complexity index is 462. The third kappa shape index (κ3) is 2.01. The van der Waals surface area contributed by atoms with Crippen LogP contribution in [0.25, 0.3) is 0 Å². The van der Waals surface area contributed by atoms with Crippen molar-refractivity contribution in [2.75, 3.05) is 0 Å². The fourth-order valence-electron chi connectivity index (χ4n) is 1.87. The van der Waals surface area contributed by atoms with Crippen LogP contribution in [0.1, 0.15) is 20.3 Å². The van der Waals surface area contributed by atoms with Gasteiger partial charge in [0, 0.05) is 0 Å². The summed E-state index contributed by atoms with van der Waals surface area (Å²) < 4.78 is 60.1. The van der Waals surface area contributed by atoms with E-state index in [9.17, 15) is 21.6 Å². The lowest BCUT2D eigenvalue weighted by atomic mass is 9.74. The van der Waals surface area contributed by atoms with E-state index in [0.717, 1.165) is 19.9 Å². The van der Waals surface area contributed by atoms with E-state index in [1.807, 2.05) is 0 Å². The summed E-state index contributed by atoms with van der Waals surface area (Å²) in [5.41, 5.74) is -2.46. The summed E-state index contributed by atoms with van der Waals surface area (Å²) in [6.45, 7) is 1.70. The van der Waals surface area contributed by atoms with Crippen molar-refractivity contribution in [3.05, 3.63) is 24.3 Å². The van der Waals surface area contributed by atoms with Crippen LogP contribution >= 0.6 is 0 Å². The second kappa shape index (κ2) is 3.84. The molecule has 1 atom stereocenters. The Morgan fingerprint density at radius 3 is 2.06 bits per heavy atom. The van der Waals surface area contributed by atoms with Crippen LogP contribution in [0.2, 0.25) is 0 Å². The summed E-state index contributed by atoms with van der Waals surface area (Å²) in [5, 5.41) is 5.02. The van der Waals surface area contributed by atoms with Crippen LogP contribution in [0.4, 0.5) is 13.2 Å². The van der Waals surface area contributed by atoms with Gasteiger partial charge in [0.05, 0.1) is 5.41 Å². The summed E-state index contributed by atoms with van der Waals surface area (Å²) in [5.74, 6) is 0. The number of nitrogens with two attached hydrogens (primary N) is 1. The van der Waals surface area contributed by atoms with E-state index in [-0.39, 0.29) is 6.42 Å². The third-order valence-electron chi connectivity index (χ3n) is 3.31. The largest absolute Gasteiger partial charge is 0.395 e. The molecule has 0 saturated heterocycles. The number of allylic oxidation sites excluding steroid dienone is 3. The molecule has 1 aliphatic carbocycles. The third-order valence-corrected chi connectivity index (χ3v) is 5.14. The molecule has 0 aromatic heterocycles. The molecule has 0 aliphatic heterocycles. The molecule has 0 spiro atoms. The average molecular weight is 269 g/mol. The topological polar surface area (TPSA) is 60.2 Å². The van der Waals surface area contributed by atoms with Gasteiger partial charge in [-0.25, -0.2) is 13.6 Å². The second-order valence-electron chi connectivity index (χ2n) is 4.55. The van der Waals surface area contributed by atoms with Gasteiger partial charge < -0.3 is 0 Å². The molecule has 17 heavy (non-hydrogen) atoms. The van der Waals surface area contributed by atoms with Gasteiger partial charge in [-0.2, -0.15) is 13.2 Å². The molecule has 0 radical (unpaired) electrons. The fourth-order valence-corrected chi connectivity index (χ4v) is 3.29. The lowest BCUT2D eigenvalue weighted by Crippen LogP contribution is -2.59. The SMILES string of the molecule is CC(C)(C(F)(F)F)C1(S(N)(=O)=O)C=CC=CC1. The van der Waals surface area contributed by atoms with E-state index >= 15 is 0 Å². The zero-order valence-electron chi connectivity index (χ0n) is 9.45. The summed E-state index contributed by atoms with van der Waals surface area (Å²) in [6, 6.07) is 0. The molecule has 0 aromatic rings. The number of halogens is 3. The number of primary sulfonamides is 1. The van der Waals surface area contributed by atoms with Gasteiger partial charge in [-0.05, 0) is 20.3 Å². The first kappa shape index (κ1) is 14.2. The fraction of sp³-hybridized carbons (Fsp3) is 0.600. The van der Waals surface area contributed by atoms with Crippen LogP contribution in [0.5, 0.6) is 0 Å². The van der Waals surface area contributed by atoms with Crippen LogP contribution in [-0.4, -0.2) is 19.3 Å². The number of rotatable bonds is 2. The van der Waals surface area contributed by atoms with Crippen LogP contribution in [0, 0.1) is 5.41 Å². The monoisotopic (exact) mass is 269 g/mol. The molecular weight excluding hydrogens is 255 g/mol. The van der Waals surface area contributed by atoms with Crippen LogP contribution < -0.4 is 5.14 Å². The molecule has 1 rings (SSSR count). The molecule has 0 saturated carbocycles. The van der Waals surface area contributed by atoms with Gasteiger partial charge >= 0.3 is 6.18 Å². The Morgan fingerprint density at radius 2 is 1.76 bits per heavy atom. The zero-order chi connectivity index (χ0) is 13.5. The first-order chi connectivity index (χ1) is 7.46. The van der Waals surface area contributed by atoms with E-state index in [1.165, 1.54) is 18.2 Å². The van der Waals surface area contributed by atoms with Crippen molar-refractivity contribution in [1.29, 1.82) is 0 Å². The van der Waals surface area contributed by atoms with Crippen molar-refractivity contribution >= 4 is 10.0 Å². The summed E-state index contributed by atoms with van der Waals surface area (Å²) in [7, 11) is -4.39. The molecule has 7 heteroatoms. The predicted octanol–water partition coefficient (Wildman–Crippen LogP) is 2.12. The normalized spacial score (nSPS) is 26.2. The number of hydrogen-bond donors (Lipinski definition) is 1. The highest BCUT2D eigenvalue weighted by Gasteiger charge is 2.64. The Morgan fingerprint density at radius 1 is 1.24 bits per heavy atom. The minimum atomic E-state index is -4.67. The minimum Gasteiger partial charge on any atom is -0.228 e. The van der Waals surface area contributed by atoms with Gasteiger partial charge in [-0.1, -0.05) is 24.3 Å². The number of sulfonamides is 1. The molecular formula is C10H14F3NO2S. The van der Waals surface area contributed by atoms with E-state index < -0.39 is 26.4 Å². The highest BCUT2D eigenvalue weighted by molar-refractivity contribution is 7.90. The molecule has 0 aromatic carbocycles. The van der Waals surface area contributed by atoms with Crippen molar-refractivity contribution < 1.29 is 21.6 Å². The molecule has 98 valence electrons. The highest BCUT2D eigenvalue weighted by atomic mass is 32.2. The van der Waals surface area contributed by atoms with Gasteiger partial charge in [-0.3, -0.25) is 0 Å². The molecule has 1 unspecified atom stereocenters. The summed E-state index contributed by atoms with van der Waals surface area (Å²) in [6.07, 6.45) is 0.217. The first-order valence-electron chi connectivity index (χ1n) is 4.89. The van der Waals surface area contributed by atoms with Crippen molar-refractivity contribution in [2.24, 2.45) is 10.6 Å². The van der Waals surface area contributed by atoms with Crippen molar-refractivity contribution in [1.82, 2.24) is 0 Å². The average Bonchev–Trinajstić information content (AvgIpc) is 2.15. The Hall–Kier alpha value is -0.820. The van der Waals surface area contributed by atoms with Gasteiger partial charge in [0.2, 0.25) is 10.0 Å². The Labute approximate surface area is 98.2 Å². The van der Waals surface area contributed by atoms with Crippen LogP contribution in [0.15, 0.2) is 24.3 Å². The van der Waals surface area contributed by atoms with Crippen LogP contribution in [0.3, 0.4) is 0 Å². The maximum Gasteiger partial charge on any atom is 0.395 e. The zero-order valence-corrected chi connectivity index (χ0v) is 10.3. The van der Waals surface area contributed by atoms with Crippen molar-refractivity contribution in [3.8, 4) is 0 Å². The molecule has 0 amide bonds. The number of hydrogen-bond acceptors (Lipinski definition) is 2. The molecule has 3 nitrogen and oxygen atoms in total. The first-order valence-corrected chi connectivity index (χ1v) is 6.44. The standard InChI is InChI=1S/C10H14F3NO2S/c1-8(2,10(11,12)13)9(17(14,15)16)6-4-3-5-7-9/h3-6H,7H2,1-2H3,(H2,14,15,16). The van der Waals surface area contributed by atoms with Gasteiger partial charge in [-0.15, -0.1) is 0 Å². The maximum absolute atomic E-state index is 13.0. The summed E-state index contributed by atoms with van der Waals surface area (Å²) in [4.78, 5) is 0. The Kier molecular flexibility index (Phi) is 3.22. The lowest BCUT2D eigenvalue weighted by molar-refractivity contribution is -0.219. The molecule has 0 fully saturated rings. The van der Waals surface area contributed by atoms with Crippen molar-refractivity contribution in [2.45, 2.75) is 31.2 Å². The van der Waals surface area contributed by atoms with E-state index in [4.69, 9.17) is 5.14 Å². The van der Waals surface area contributed by atoms with Gasteiger partial charge in [0.1, 0.15) is 4.75 Å². The minimum absolute atomic E-state index is 0.283. The second-order valence-corrected chi connectivity index (χ2v) is 6.37. The van der Waals surface area contributed by atoms with Gasteiger partial charge in [0.15, 0.2) is 0 Å². The quantitative estimate of drug-likeness (QED) is 0.834. The van der Waals surface area contributed by atoms with Crippen LogP contribution in [-0.2, 0) is 10.0 Å².